The fourth-order valence-electron chi connectivity index (χ4n) is 3.77. The van der Waals surface area contributed by atoms with Crippen molar-refractivity contribution in [3.63, 3.8) is 0 Å². The van der Waals surface area contributed by atoms with Crippen LogP contribution in [0.3, 0.4) is 0 Å². The average Bonchev–Trinajstić information content (AvgIpc) is 3.09. The van der Waals surface area contributed by atoms with Crippen molar-refractivity contribution in [2.24, 2.45) is 0 Å². The molecule has 3 aromatic rings. The first-order valence-corrected chi connectivity index (χ1v) is 10.5. The van der Waals surface area contributed by atoms with Gasteiger partial charge in [0.05, 0.1) is 0 Å². The summed E-state index contributed by atoms with van der Waals surface area (Å²) in [4.78, 5) is 25.7. The standard InChI is InChI=1S/C26H25N3O2/c1-18(2)20-15-13-19(14-16-20)17-29-24(21-9-5-3-6-10-21)23(26(31)28-29)27-25(30)22-11-7-4-8-12-22/h3-18,23-24H,1-2H3,(H-,27,28,30,31)/p+1/b29-17-/t23-,24+/m1/s1. The zero-order valence-corrected chi connectivity index (χ0v) is 17.7. The van der Waals surface area contributed by atoms with Crippen LogP contribution in [-0.2, 0) is 4.79 Å². The van der Waals surface area contributed by atoms with Crippen molar-refractivity contribution < 1.29 is 14.3 Å². The van der Waals surface area contributed by atoms with Crippen LogP contribution in [0.5, 0.6) is 0 Å². The number of amides is 2. The van der Waals surface area contributed by atoms with Gasteiger partial charge in [-0.15, -0.1) is 10.1 Å². The van der Waals surface area contributed by atoms with Crippen LogP contribution in [0, 0.1) is 0 Å². The van der Waals surface area contributed by atoms with E-state index < -0.39 is 6.04 Å². The molecule has 0 unspecified atom stereocenters. The minimum absolute atomic E-state index is 0.242. The third-order valence-corrected chi connectivity index (χ3v) is 5.49. The maximum Gasteiger partial charge on any atom is 0.304 e. The lowest BCUT2D eigenvalue weighted by molar-refractivity contribution is -0.596. The highest BCUT2D eigenvalue weighted by Crippen LogP contribution is 2.25. The van der Waals surface area contributed by atoms with Gasteiger partial charge in [0.2, 0.25) is 12.3 Å². The van der Waals surface area contributed by atoms with Crippen LogP contribution in [0.2, 0.25) is 0 Å². The van der Waals surface area contributed by atoms with Crippen LogP contribution >= 0.6 is 0 Å². The Morgan fingerprint density at radius 3 is 2.16 bits per heavy atom. The fourth-order valence-corrected chi connectivity index (χ4v) is 3.77. The number of nitrogens with zero attached hydrogens (tertiary/aromatic N) is 1. The van der Waals surface area contributed by atoms with Crippen molar-refractivity contribution in [3.8, 4) is 0 Å². The summed E-state index contributed by atoms with van der Waals surface area (Å²) >= 11 is 0. The molecule has 4 rings (SSSR count). The molecule has 5 nitrogen and oxygen atoms in total. The number of hydrogen-bond acceptors (Lipinski definition) is 2. The van der Waals surface area contributed by atoms with Crippen LogP contribution in [0.1, 0.15) is 52.9 Å². The van der Waals surface area contributed by atoms with Gasteiger partial charge in [0.1, 0.15) is 0 Å². The summed E-state index contributed by atoms with van der Waals surface area (Å²) in [6.07, 6.45) is 1.91. The number of carbonyl (C=O) groups excluding carboxylic acids is 2. The smallest absolute Gasteiger partial charge is 0.304 e. The zero-order valence-electron chi connectivity index (χ0n) is 17.7. The van der Waals surface area contributed by atoms with Crippen molar-refractivity contribution in [2.75, 3.05) is 0 Å². The van der Waals surface area contributed by atoms with E-state index in [2.05, 4.69) is 36.7 Å². The lowest BCUT2D eigenvalue weighted by atomic mass is 9.99. The molecule has 31 heavy (non-hydrogen) atoms. The lowest BCUT2D eigenvalue weighted by Crippen LogP contribution is -2.42. The third-order valence-electron chi connectivity index (χ3n) is 5.49. The Balaban J connectivity index is 1.67. The molecule has 3 aromatic carbocycles. The van der Waals surface area contributed by atoms with Gasteiger partial charge in [0.25, 0.3) is 5.91 Å². The topological polar surface area (TPSA) is 61.2 Å². The van der Waals surface area contributed by atoms with E-state index in [9.17, 15) is 9.59 Å². The number of hydrogen-bond donors (Lipinski definition) is 2. The molecule has 1 saturated heterocycles. The average molecular weight is 413 g/mol. The Labute approximate surface area is 182 Å². The molecule has 5 heteroatoms. The third kappa shape index (κ3) is 4.56. The van der Waals surface area contributed by atoms with E-state index in [0.29, 0.717) is 11.5 Å². The van der Waals surface area contributed by atoms with E-state index in [-0.39, 0.29) is 17.9 Å². The molecule has 2 amide bonds. The molecule has 0 aliphatic carbocycles. The first kappa shape index (κ1) is 20.5. The number of rotatable bonds is 5. The van der Waals surface area contributed by atoms with Gasteiger partial charge in [-0.25, -0.2) is 0 Å². The summed E-state index contributed by atoms with van der Waals surface area (Å²) in [5, 5.41) is 2.92. The second kappa shape index (κ2) is 8.96. The summed E-state index contributed by atoms with van der Waals surface area (Å²) in [6.45, 7) is 4.32. The van der Waals surface area contributed by atoms with Crippen molar-refractivity contribution in [2.45, 2.75) is 31.8 Å². The molecule has 1 fully saturated rings. The molecule has 1 aliphatic heterocycles. The quantitative estimate of drug-likeness (QED) is 0.626. The molecule has 0 spiro atoms. The fraction of sp³-hybridized carbons (Fsp3) is 0.192. The Morgan fingerprint density at radius 1 is 0.935 bits per heavy atom. The van der Waals surface area contributed by atoms with E-state index in [0.717, 1.165) is 11.1 Å². The first-order chi connectivity index (χ1) is 15.0. The van der Waals surface area contributed by atoms with Crippen molar-refractivity contribution in [1.29, 1.82) is 0 Å². The molecule has 0 bridgehead atoms. The first-order valence-electron chi connectivity index (χ1n) is 10.5. The predicted molar refractivity (Wildman–Crippen MR) is 121 cm³/mol. The second-order valence-corrected chi connectivity index (χ2v) is 8.01. The van der Waals surface area contributed by atoms with Gasteiger partial charge in [0, 0.05) is 16.7 Å². The van der Waals surface area contributed by atoms with E-state index in [1.54, 1.807) is 28.9 Å². The van der Waals surface area contributed by atoms with Gasteiger partial charge >= 0.3 is 5.91 Å². The molecular formula is C26H26N3O2+. The van der Waals surface area contributed by atoms with Gasteiger partial charge in [-0.3, -0.25) is 9.59 Å². The van der Waals surface area contributed by atoms with E-state index >= 15 is 0 Å². The van der Waals surface area contributed by atoms with Crippen LogP contribution in [0.25, 0.3) is 0 Å². The number of benzene rings is 3. The summed E-state index contributed by atoms with van der Waals surface area (Å²) in [5.74, 6) is -0.0619. The van der Waals surface area contributed by atoms with Crippen LogP contribution in [0.4, 0.5) is 0 Å². The normalized spacial score (nSPS) is 19.5. The number of nitrogens with one attached hydrogen (secondary N) is 2. The van der Waals surface area contributed by atoms with Gasteiger partial charge in [-0.2, -0.15) is 0 Å². The van der Waals surface area contributed by atoms with E-state index in [4.69, 9.17) is 0 Å². The number of hydrazone groups is 1. The zero-order chi connectivity index (χ0) is 21.8. The molecule has 1 aliphatic rings. The Morgan fingerprint density at radius 2 is 1.55 bits per heavy atom. The molecule has 1 heterocycles. The lowest BCUT2D eigenvalue weighted by Gasteiger charge is -2.14. The molecule has 0 radical (unpaired) electrons. The molecule has 0 saturated carbocycles. The van der Waals surface area contributed by atoms with Crippen molar-refractivity contribution in [3.05, 3.63) is 107 Å². The molecule has 2 N–H and O–H groups in total. The number of hydrazine groups is 1. The van der Waals surface area contributed by atoms with Gasteiger partial charge in [-0.1, -0.05) is 74.5 Å². The highest BCUT2D eigenvalue weighted by atomic mass is 16.2. The molecular weight excluding hydrogens is 386 g/mol. The molecule has 156 valence electrons. The minimum atomic E-state index is -0.721. The van der Waals surface area contributed by atoms with E-state index in [1.807, 2.05) is 54.7 Å². The highest BCUT2D eigenvalue weighted by Gasteiger charge is 2.47. The predicted octanol–water partition coefficient (Wildman–Crippen LogP) is 3.83. The van der Waals surface area contributed by atoms with Crippen LogP contribution in [0.15, 0.2) is 84.9 Å². The number of carbonyl (C=O) groups is 2. The minimum Gasteiger partial charge on any atom is -0.334 e. The maximum absolute atomic E-state index is 12.9. The highest BCUT2D eigenvalue weighted by molar-refractivity contribution is 5.98. The van der Waals surface area contributed by atoms with Gasteiger partial charge in [0.15, 0.2) is 6.04 Å². The van der Waals surface area contributed by atoms with Gasteiger partial charge in [-0.05, 0) is 35.7 Å². The summed E-state index contributed by atoms with van der Waals surface area (Å²) < 4.78 is 1.79. The van der Waals surface area contributed by atoms with Crippen molar-refractivity contribution >= 4 is 18.0 Å². The summed E-state index contributed by atoms with van der Waals surface area (Å²) in [5.41, 5.74) is 6.61. The summed E-state index contributed by atoms with van der Waals surface area (Å²) in [6, 6.07) is 25.9. The largest absolute Gasteiger partial charge is 0.334 e. The maximum atomic E-state index is 12.9. The van der Waals surface area contributed by atoms with Crippen molar-refractivity contribution in [1.82, 2.24) is 10.7 Å². The molecule has 2 atom stereocenters. The second-order valence-electron chi connectivity index (χ2n) is 8.01. The monoisotopic (exact) mass is 412 g/mol. The van der Waals surface area contributed by atoms with Gasteiger partial charge < -0.3 is 5.32 Å². The Hall–Kier alpha value is -3.73. The Bertz CT molecular complexity index is 1090. The summed E-state index contributed by atoms with van der Waals surface area (Å²) in [7, 11) is 0. The molecule has 0 aromatic heterocycles. The SMILES string of the molecule is CC(C)c1ccc(/C=[N+]2\NC(=O)[C@H](NC(=O)c3ccccc3)[C@@H]2c2ccccc2)cc1. The van der Waals surface area contributed by atoms with Crippen LogP contribution < -0.4 is 10.7 Å². The van der Waals surface area contributed by atoms with Crippen LogP contribution in [-0.4, -0.2) is 28.8 Å². The Kier molecular flexibility index (Phi) is 5.94. The van der Waals surface area contributed by atoms with E-state index in [1.165, 1.54) is 5.56 Å².